The van der Waals surface area contributed by atoms with Crippen molar-refractivity contribution in [2.75, 3.05) is 11.9 Å². The van der Waals surface area contributed by atoms with Crippen molar-refractivity contribution < 1.29 is 18.7 Å². The van der Waals surface area contributed by atoms with Gasteiger partial charge in [-0.1, -0.05) is 36.4 Å². The summed E-state index contributed by atoms with van der Waals surface area (Å²) in [6, 6.07) is 20.3. The Balaban J connectivity index is 1.43. The molecule has 0 saturated carbocycles. The molecule has 0 unspecified atom stereocenters. The van der Waals surface area contributed by atoms with E-state index in [1.165, 1.54) is 11.8 Å². The van der Waals surface area contributed by atoms with Crippen LogP contribution in [0.3, 0.4) is 0 Å². The predicted molar refractivity (Wildman–Crippen MR) is 111 cm³/mol. The molecule has 1 heterocycles. The fraction of sp³-hybridized carbons (Fsp3) is 0.217. The van der Waals surface area contributed by atoms with Crippen LogP contribution in [0.25, 0.3) is 0 Å². The normalized spacial score (nSPS) is 11.5. The van der Waals surface area contributed by atoms with Crippen LogP contribution in [0.2, 0.25) is 0 Å². The van der Waals surface area contributed by atoms with Gasteiger partial charge in [0.1, 0.15) is 5.75 Å². The Labute approximate surface area is 169 Å². The average Bonchev–Trinajstić information content (AvgIpc) is 3.27. The lowest BCUT2D eigenvalue weighted by Crippen LogP contribution is -2.36. The molecule has 3 rings (SSSR count). The fourth-order valence-electron chi connectivity index (χ4n) is 2.83. The summed E-state index contributed by atoms with van der Waals surface area (Å²) in [6.07, 6.45) is 3.19. The molecule has 3 aromatic rings. The van der Waals surface area contributed by atoms with Crippen LogP contribution in [0.15, 0.2) is 77.4 Å². The van der Waals surface area contributed by atoms with Crippen molar-refractivity contribution in [3.8, 4) is 5.75 Å². The van der Waals surface area contributed by atoms with E-state index in [2.05, 4.69) is 22.8 Å². The minimum Gasteiger partial charge on any atom is -0.484 e. The van der Waals surface area contributed by atoms with Gasteiger partial charge in [0.05, 0.1) is 6.26 Å². The summed E-state index contributed by atoms with van der Waals surface area (Å²) in [6.45, 7) is 1.89. The third-order valence-electron chi connectivity index (χ3n) is 4.32. The summed E-state index contributed by atoms with van der Waals surface area (Å²) in [4.78, 5) is 24.2. The number of anilines is 1. The van der Waals surface area contributed by atoms with Crippen LogP contribution in [0.4, 0.5) is 5.69 Å². The van der Waals surface area contributed by atoms with Crippen molar-refractivity contribution in [2.24, 2.45) is 0 Å². The third kappa shape index (κ3) is 6.53. The zero-order valence-electron chi connectivity index (χ0n) is 16.3. The van der Waals surface area contributed by atoms with E-state index >= 15 is 0 Å². The number of hydrogen-bond donors (Lipinski definition) is 2. The summed E-state index contributed by atoms with van der Waals surface area (Å²) in [5.74, 6) is 0.183. The van der Waals surface area contributed by atoms with Crippen LogP contribution in [0.5, 0.6) is 5.75 Å². The molecule has 0 spiro atoms. The van der Waals surface area contributed by atoms with Crippen molar-refractivity contribution in [3.05, 3.63) is 84.3 Å². The molecule has 6 nitrogen and oxygen atoms in total. The van der Waals surface area contributed by atoms with E-state index in [9.17, 15) is 9.59 Å². The number of amides is 2. The van der Waals surface area contributed by atoms with E-state index in [4.69, 9.17) is 9.15 Å². The summed E-state index contributed by atoms with van der Waals surface area (Å²) in [7, 11) is 0. The van der Waals surface area contributed by atoms with Crippen molar-refractivity contribution in [3.63, 3.8) is 0 Å². The lowest BCUT2D eigenvalue weighted by atomic mass is 10.1. The van der Waals surface area contributed by atoms with E-state index in [0.717, 1.165) is 12.8 Å². The maximum Gasteiger partial charge on any atom is 0.291 e. The van der Waals surface area contributed by atoms with Crippen LogP contribution in [-0.4, -0.2) is 24.5 Å². The lowest BCUT2D eigenvalue weighted by molar-refractivity contribution is -0.123. The molecule has 1 atom stereocenters. The minimum atomic E-state index is -0.350. The van der Waals surface area contributed by atoms with Gasteiger partial charge in [-0.2, -0.15) is 0 Å². The Hall–Kier alpha value is -3.54. The Kier molecular flexibility index (Phi) is 7.05. The topological polar surface area (TPSA) is 80.6 Å². The first kappa shape index (κ1) is 20.2. The quantitative estimate of drug-likeness (QED) is 0.576. The monoisotopic (exact) mass is 392 g/mol. The van der Waals surface area contributed by atoms with Crippen LogP contribution >= 0.6 is 0 Å². The Bertz CT molecular complexity index is 923. The van der Waals surface area contributed by atoms with Gasteiger partial charge in [-0.3, -0.25) is 9.59 Å². The van der Waals surface area contributed by atoms with Crippen molar-refractivity contribution >= 4 is 17.5 Å². The highest BCUT2D eigenvalue weighted by Crippen LogP contribution is 2.18. The van der Waals surface area contributed by atoms with Gasteiger partial charge in [0.15, 0.2) is 12.4 Å². The van der Waals surface area contributed by atoms with Crippen molar-refractivity contribution in [1.29, 1.82) is 0 Å². The minimum absolute atomic E-state index is 0.0465. The zero-order chi connectivity index (χ0) is 20.5. The van der Waals surface area contributed by atoms with Gasteiger partial charge < -0.3 is 19.8 Å². The SMILES string of the molecule is C[C@H](CCc1ccccc1)NC(=O)COc1cccc(NC(=O)c2ccco2)c1. The number of hydrogen-bond acceptors (Lipinski definition) is 4. The van der Waals surface area contributed by atoms with Gasteiger partial charge in [0, 0.05) is 17.8 Å². The van der Waals surface area contributed by atoms with E-state index < -0.39 is 0 Å². The van der Waals surface area contributed by atoms with Gasteiger partial charge >= 0.3 is 0 Å². The van der Waals surface area contributed by atoms with Crippen LogP contribution in [0.1, 0.15) is 29.5 Å². The largest absolute Gasteiger partial charge is 0.484 e. The highest BCUT2D eigenvalue weighted by atomic mass is 16.5. The number of furan rings is 1. The predicted octanol–water partition coefficient (Wildman–Crippen LogP) is 4.05. The van der Waals surface area contributed by atoms with Gasteiger partial charge in [-0.25, -0.2) is 0 Å². The smallest absolute Gasteiger partial charge is 0.291 e. The Morgan fingerprint density at radius 2 is 1.86 bits per heavy atom. The fourth-order valence-corrected chi connectivity index (χ4v) is 2.83. The average molecular weight is 392 g/mol. The highest BCUT2D eigenvalue weighted by molar-refractivity contribution is 6.02. The number of benzene rings is 2. The molecule has 1 aromatic heterocycles. The number of nitrogens with one attached hydrogen (secondary N) is 2. The molecule has 0 fully saturated rings. The van der Waals surface area contributed by atoms with Gasteiger partial charge in [0.2, 0.25) is 0 Å². The first-order valence-corrected chi connectivity index (χ1v) is 9.51. The van der Waals surface area contributed by atoms with Crippen LogP contribution < -0.4 is 15.4 Å². The second-order valence-corrected chi connectivity index (χ2v) is 6.74. The molecular weight excluding hydrogens is 368 g/mol. The maximum absolute atomic E-state index is 12.1. The molecule has 0 bridgehead atoms. The molecular formula is C23H24N2O4. The number of rotatable bonds is 9. The van der Waals surface area contributed by atoms with E-state index in [-0.39, 0.29) is 30.2 Å². The molecule has 0 aliphatic carbocycles. The Morgan fingerprint density at radius 1 is 1.03 bits per heavy atom. The Morgan fingerprint density at radius 3 is 2.62 bits per heavy atom. The molecule has 0 aliphatic heterocycles. The van der Waals surface area contributed by atoms with Gasteiger partial charge in [-0.15, -0.1) is 0 Å². The molecule has 2 N–H and O–H groups in total. The second-order valence-electron chi connectivity index (χ2n) is 6.74. The standard InChI is InChI=1S/C23H24N2O4/c1-17(12-13-18-7-3-2-4-8-18)24-22(26)16-29-20-10-5-9-19(15-20)25-23(27)21-11-6-14-28-21/h2-11,14-15,17H,12-13,16H2,1H3,(H,24,26)(H,25,27)/t17-/m1/s1. The number of aryl methyl sites for hydroxylation is 1. The van der Waals surface area contributed by atoms with Crippen molar-refractivity contribution in [1.82, 2.24) is 5.32 Å². The summed E-state index contributed by atoms with van der Waals surface area (Å²) < 4.78 is 10.6. The molecule has 0 aliphatic rings. The van der Waals surface area contributed by atoms with E-state index in [1.807, 2.05) is 25.1 Å². The molecule has 150 valence electrons. The summed E-state index contributed by atoms with van der Waals surface area (Å²) >= 11 is 0. The lowest BCUT2D eigenvalue weighted by Gasteiger charge is -2.14. The number of carbonyl (C=O) groups is 2. The maximum atomic E-state index is 12.1. The first-order chi connectivity index (χ1) is 14.1. The molecule has 6 heteroatoms. The van der Waals surface area contributed by atoms with E-state index in [1.54, 1.807) is 36.4 Å². The molecule has 2 amide bonds. The van der Waals surface area contributed by atoms with E-state index in [0.29, 0.717) is 11.4 Å². The molecule has 0 radical (unpaired) electrons. The molecule has 0 saturated heterocycles. The highest BCUT2D eigenvalue weighted by Gasteiger charge is 2.11. The first-order valence-electron chi connectivity index (χ1n) is 9.51. The van der Waals surface area contributed by atoms with Gasteiger partial charge in [-0.05, 0) is 49.6 Å². The molecule has 29 heavy (non-hydrogen) atoms. The van der Waals surface area contributed by atoms with Crippen molar-refractivity contribution in [2.45, 2.75) is 25.8 Å². The third-order valence-corrected chi connectivity index (χ3v) is 4.32. The van der Waals surface area contributed by atoms with Crippen LogP contribution in [0, 0.1) is 0 Å². The summed E-state index contributed by atoms with van der Waals surface area (Å²) in [5.41, 5.74) is 1.80. The second kappa shape index (κ2) is 10.1. The number of ether oxygens (including phenoxy) is 1. The van der Waals surface area contributed by atoms with Crippen LogP contribution in [-0.2, 0) is 11.2 Å². The number of carbonyl (C=O) groups excluding carboxylic acids is 2. The van der Waals surface area contributed by atoms with Gasteiger partial charge in [0.25, 0.3) is 11.8 Å². The zero-order valence-corrected chi connectivity index (χ0v) is 16.3. The summed E-state index contributed by atoms with van der Waals surface area (Å²) in [5, 5.41) is 5.66. The molecule has 2 aromatic carbocycles.